The van der Waals surface area contributed by atoms with Crippen LogP contribution in [0.25, 0.3) is 0 Å². The van der Waals surface area contributed by atoms with Gasteiger partial charge in [-0.3, -0.25) is 0 Å². The molecule has 0 aliphatic rings. The Morgan fingerprint density at radius 1 is 1.52 bits per heavy atom. The third kappa shape index (κ3) is 5.11. The minimum atomic E-state index is -0.881. The lowest BCUT2D eigenvalue weighted by Crippen LogP contribution is -2.32. The number of hydrazone groups is 1. The summed E-state index contributed by atoms with van der Waals surface area (Å²) in [6.07, 6.45) is -1.12. The molecule has 0 radical (unpaired) electrons. The number of benzene rings is 1. The zero-order chi connectivity index (χ0) is 16.0. The van der Waals surface area contributed by atoms with Crippen LogP contribution in [0.4, 0.5) is 14.9 Å². The van der Waals surface area contributed by atoms with Gasteiger partial charge in [0.2, 0.25) is 0 Å². The first-order valence-corrected chi connectivity index (χ1v) is 6.65. The van der Waals surface area contributed by atoms with Crippen LogP contribution in [0.3, 0.4) is 0 Å². The number of amidine groups is 1. The maximum absolute atomic E-state index is 13.9. The lowest BCUT2D eigenvalue weighted by molar-refractivity contribution is 0.158. The Hall–Kier alpha value is -2.02. The Labute approximate surface area is 127 Å². The highest BCUT2D eigenvalue weighted by atomic mass is 35.5. The normalized spacial score (nSPS) is 11.4. The molecule has 116 valence electrons. The number of rotatable bonds is 4. The van der Waals surface area contributed by atoms with E-state index in [0.29, 0.717) is 5.01 Å². The molecule has 0 atom stereocenters. The second-order valence-electron chi connectivity index (χ2n) is 4.21. The molecule has 8 heteroatoms. The van der Waals surface area contributed by atoms with E-state index >= 15 is 0 Å². The number of anilines is 1. The number of hydrogen-bond donors (Lipinski definition) is 1. The molecule has 2 N–H and O–H groups in total. The number of hydrogen-bond acceptors (Lipinski definition) is 4. The third-order valence-corrected chi connectivity index (χ3v) is 2.37. The van der Waals surface area contributed by atoms with E-state index in [0.717, 1.165) is 6.07 Å². The maximum atomic E-state index is 13.9. The van der Waals surface area contributed by atoms with Gasteiger partial charge in [-0.1, -0.05) is 11.6 Å². The van der Waals surface area contributed by atoms with Crippen LogP contribution in [0.15, 0.2) is 23.3 Å². The molecule has 0 saturated heterocycles. The summed E-state index contributed by atoms with van der Waals surface area (Å²) in [6.45, 7) is 5.19. The average molecular weight is 318 g/mol. The zero-order valence-electron chi connectivity index (χ0n) is 12.0. The van der Waals surface area contributed by atoms with Gasteiger partial charge in [0.05, 0.1) is 12.7 Å². The first-order chi connectivity index (χ1) is 9.85. The first kappa shape index (κ1) is 17.0. The van der Waals surface area contributed by atoms with Crippen molar-refractivity contribution in [3.63, 3.8) is 0 Å². The first-order valence-electron chi connectivity index (χ1n) is 6.27. The van der Waals surface area contributed by atoms with Gasteiger partial charge in [-0.25, -0.2) is 9.18 Å². The summed E-state index contributed by atoms with van der Waals surface area (Å²) in [4.78, 5) is 11.9. The molecule has 1 aromatic rings. The predicted molar refractivity (Wildman–Crippen MR) is 78.8 cm³/mol. The fourth-order valence-electron chi connectivity index (χ4n) is 1.39. The summed E-state index contributed by atoms with van der Waals surface area (Å²) >= 11 is 5.68. The number of halogens is 2. The van der Waals surface area contributed by atoms with Crippen molar-refractivity contribution in [3.05, 3.63) is 29.0 Å². The Bertz CT molecular complexity index is 537. The van der Waals surface area contributed by atoms with Crippen LogP contribution in [-0.2, 0) is 9.47 Å². The molecular weight excluding hydrogens is 301 g/mol. The number of nitrogens with two attached hydrogens (primary N) is 1. The van der Waals surface area contributed by atoms with E-state index in [9.17, 15) is 9.18 Å². The van der Waals surface area contributed by atoms with Gasteiger partial charge in [0.1, 0.15) is 5.69 Å². The smallest absolute Gasteiger partial charge is 0.435 e. The molecular formula is C13H17ClFN3O3. The number of carbonyl (C=O) groups is 1. The van der Waals surface area contributed by atoms with E-state index in [-0.39, 0.29) is 29.4 Å². The average Bonchev–Trinajstić information content (AvgIpc) is 2.36. The van der Waals surface area contributed by atoms with Gasteiger partial charge >= 0.3 is 12.1 Å². The summed E-state index contributed by atoms with van der Waals surface area (Å²) in [5.74, 6) is -0.739. The van der Waals surface area contributed by atoms with E-state index < -0.39 is 11.9 Å². The summed E-state index contributed by atoms with van der Waals surface area (Å²) < 4.78 is 23.9. The second-order valence-corrected chi connectivity index (χ2v) is 4.65. The van der Waals surface area contributed by atoms with Crippen molar-refractivity contribution in [2.75, 3.05) is 11.6 Å². The number of ether oxygens (including phenoxy) is 2. The van der Waals surface area contributed by atoms with Crippen LogP contribution in [0.2, 0.25) is 5.02 Å². The molecule has 0 aromatic heterocycles. The van der Waals surface area contributed by atoms with Gasteiger partial charge in [-0.2, -0.15) is 5.01 Å². The quantitative estimate of drug-likeness (QED) is 0.526. The van der Waals surface area contributed by atoms with Crippen molar-refractivity contribution in [2.45, 2.75) is 26.9 Å². The largest absolute Gasteiger partial charge is 0.461 e. The van der Waals surface area contributed by atoms with Gasteiger partial charge in [-0.15, -0.1) is 5.10 Å². The van der Waals surface area contributed by atoms with E-state index in [1.807, 2.05) is 0 Å². The molecule has 0 aliphatic carbocycles. The fraction of sp³-hybridized carbons (Fsp3) is 0.385. The minimum Gasteiger partial charge on any atom is -0.461 e. The third-order valence-electron chi connectivity index (χ3n) is 2.13. The standard InChI is InChI=1S/C13H17ClFN3O3/c1-4-20-13(19)18(17-12(16)21-8(2)3)11-6-5-9(14)7-10(11)15/h5-8H,4H2,1-3H3,(H2,16,17). The van der Waals surface area contributed by atoms with Gasteiger partial charge in [0.25, 0.3) is 0 Å². The van der Waals surface area contributed by atoms with Crippen LogP contribution in [0.1, 0.15) is 20.8 Å². The highest BCUT2D eigenvalue weighted by Crippen LogP contribution is 2.24. The van der Waals surface area contributed by atoms with E-state index in [2.05, 4.69) is 5.10 Å². The van der Waals surface area contributed by atoms with Crippen molar-refractivity contribution in [1.82, 2.24) is 0 Å². The fourth-order valence-corrected chi connectivity index (χ4v) is 1.55. The van der Waals surface area contributed by atoms with E-state index in [1.165, 1.54) is 12.1 Å². The summed E-state index contributed by atoms with van der Waals surface area (Å²) in [5, 5.41) is 4.62. The van der Waals surface area contributed by atoms with Crippen molar-refractivity contribution in [1.29, 1.82) is 0 Å². The summed E-state index contributed by atoms with van der Waals surface area (Å²) in [5.41, 5.74) is 5.41. The lowest BCUT2D eigenvalue weighted by atomic mass is 10.3. The molecule has 1 aromatic carbocycles. The van der Waals surface area contributed by atoms with Crippen LogP contribution in [0.5, 0.6) is 0 Å². The molecule has 1 amide bonds. The van der Waals surface area contributed by atoms with Gasteiger partial charge in [-0.05, 0) is 39.0 Å². The number of amides is 1. The van der Waals surface area contributed by atoms with Gasteiger partial charge in [0.15, 0.2) is 5.82 Å². The van der Waals surface area contributed by atoms with Crippen LogP contribution >= 0.6 is 11.6 Å². The Balaban J connectivity index is 3.16. The van der Waals surface area contributed by atoms with E-state index in [1.54, 1.807) is 20.8 Å². The lowest BCUT2D eigenvalue weighted by Gasteiger charge is -2.18. The molecule has 0 fully saturated rings. The van der Waals surface area contributed by atoms with Gasteiger partial charge < -0.3 is 15.2 Å². The Morgan fingerprint density at radius 3 is 2.71 bits per heavy atom. The molecule has 0 heterocycles. The molecule has 0 bridgehead atoms. The highest BCUT2D eigenvalue weighted by molar-refractivity contribution is 6.30. The number of carbonyl (C=O) groups excluding carboxylic acids is 1. The SMILES string of the molecule is CCOC(=O)N(N=C(N)OC(C)C)c1ccc(Cl)cc1F. The van der Waals surface area contributed by atoms with Crippen LogP contribution in [0, 0.1) is 5.82 Å². The molecule has 6 nitrogen and oxygen atoms in total. The van der Waals surface area contributed by atoms with E-state index in [4.69, 9.17) is 26.8 Å². The molecule has 0 aliphatic heterocycles. The second kappa shape index (κ2) is 7.68. The predicted octanol–water partition coefficient (Wildman–Crippen LogP) is 3.10. The monoisotopic (exact) mass is 317 g/mol. The van der Waals surface area contributed by atoms with Crippen LogP contribution < -0.4 is 10.7 Å². The summed E-state index contributed by atoms with van der Waals surface area (Å²) in [6, 6.07) is 3.48. The van der Waals surface area contributed by atoms with Crippen molar-refractivity contribution in [2.24, 2.45) is 10.8 Å². The highest BCUT2D eigenvalue weighted by Gasteiger charge is 2.21. The number of nitrogens with zero attached hydrogens (tertiary/aromatic N) is 2. The van der Waals surface area contributed by atoms with Crippen LogP contribution in [-0.4, -0.2) is 24.8 Å². The topological polar surface area (TPSA) is 77.2 Å². The summed E-state index contributed by atoms with van der Waals surface area (Å²) in [7, 11) is 0. The van der Waals surface area contributed by atoms with Gasteiger partial charge in [0, 0.05) is 5.02 Å². The van der Waals surface area contributed by atoms with Crippen molar-refractivity contribution >= 4 is 29.4 Å². The molecule has 0 saturated carbocycles. The van der Waals surface area contributed by atoms with Crippen molar-refractivity contribution < 1.29 is 18.7 Å². The molecule has 0 spiro atoms. The minimum absolute atomic E-state index is 0.102. The van der Waals surface area contributed by atoms with Crippen molar-refractivity contribution in [3.8, 4) is 0 Å². The Kier molecular flexibility index (Phi) is 6.23. The molecule has 1 rings (SSSR count). The molecule has 21 heavy (non-hydrogen) atoms. The maximum Gasteiger partial charge on any atom is 0.435 e. The molecule has 0 unspecified atom stereocenters. The zero-order valence-corrected chi connectivity index (χ0v) is 12.7. The Morgan fingerprint density at radius 2 is 2.19 bits per heavy atom.